The van der Waals surface area contributed by atoms with Crippen LogP contribution in [0.2, 0.25) is 0 Å². The number of nitrogens with one attached hydrogen (secondary N) is 1. The van der Waals surface area contributed by atoms with E-state index in [4.69, 9.17) is 5.73 Å². The zero-order valence-corrected chi connectivity index (χ0v) is 18.2. The van der Waals surface area contributed by atoms with Crippen molar-refractivity contribution in [3.63, 3.8) is 0 Å². The number of carbonyl (C=O) groups excluding carboxylic acids is 2. The van der Waals surface area contributed by atoms with Crippen LogP contribution in [0.3, 0.4) is 0 Å². The van der Waals surface area contributed by atoms with Gasteiger partial charge in [-0.25, -0.2) is 9.07 Å². The van der Waals surface area contributed by atoms with Crippen molar-refractivity contribution in [2.24, 2.45) is 11.1 Å². The van der Waals surface area contributed by atoms with Gasteiger partial charge in [0.15, 0.2) is 5.78 Å². The first kappa shape index (κ1) is 21.5. The molecule has 0 saturated heterocycles. The van der Waals surface area contributed by atoms with E-state index in [0.717, 1.165) is 5.69 Å². The summed E-state index contributed by atoms with van der Waals surface area (Å²) < 4.78 is 16.7. The zero-order chi connectivity index (χ0) is 22.5. The number of rotatable bonds is 4. The molecule has 0 aliphatic heterocycles. The molecule has 1 amide bonds. The fourth-order valence-electron chi connectivity index (χ4n) is 4.87. The number of aromatic nitrogens is 2. The van der Waals surface area contributed by atoms with Crippen molar-refractivity contribution >= 4 is 17.4 Å². The maximum atomic E-state index is 15.0. The first-order valence-electron chi connectivity index (χ1n) is 10.8. The van der Waals surface area contributed by atoms with E-state index in [2.05, 4.69) is 10.4 Å². The number of amides is 1. The first-order valence-corrected chi connectivity index (χ1v) is 10.8. The van der Waals surface area contributed by atoms with Crippen LogP contribution in [0.25, 0.3) is 5.69 Å². The Labute approximate surface area is 180 Å². The second-order valence-electron chi connectivity index (χ2n) is 9.62. The summed E-state index contributed by atoms with van der Waals surface area (Å²) in [5, 5.41) is 17.5. The molecule has 4 rings (SSSR count). The van der Waals surface area contributed by atoms with E-state index in [0.29, 0.717) is 61.2 Å². The number of anilines is 1. The van der Waals surface area contributed by atoms with Crippen LogP contribution < -0.4 is 11.1 Å². The Bertz CT molecular complexity index is 1050. The third-order valence-electron chi connectivity index (χ3n) is 6.34. The van der Waals surface area contributed by atoms with Crippen LogP contribution in [0.4, 0.5) is 10.1 Å². The van der Waals surface area contributed by atoms with E-state index >= 15 is 4.39 Å². The Balaban J connectivity index is 1.79. The molecule has 0 bridgehead atoms. The molecule has 4 N–H and O–H groups in total. The van der Waals surface area contributed by atoms with Crippen molar-refractivity contribution < 1.29 is 19.1 Å². The SMILES string of the molecule is Cc1nn(-c2cc(F)c(C(N)=O)c(N[C@H]3CC[C@@H](O)CC3)c2)c2c1C(=O)CC(C)(C)C2. The summed E-state index contributed by atoms with van der Waals surface area (Å²) >= 11 is 0. The average molecular weight is 429 g/mol. The molecule has 166 valence electrons. The minimum absolute atomic E-state index is 0.00457. The number of fused-ring (bicyclic) bond motifs is 1. The Morgan fingerprint density at radius 3 is 2.58 bits per heavy atom. The predicted molar refractivity (Wildman–Crippen MR) is 115 cm³/mol. The second-order valence-corrected chi connectivity index (χ2v) is 9.62. The fraction of sp³-hybridized carbons (Fsp3) is 0.522. The molecule has 1 saturated carbocycles. The number of halogens is 1. The average Bonchev–Trinajstić information content (AvgIpc) is 2.98. The van der Waals surface area contributed by atoms with Crippen molar-refractivity contribution in [2.45, 2.75) is 71.4 Å². The first-order chi connectivity index (χ1) is 14.6. The molecule has 0 spiro atoms. The van der Waals surface area contributed by atoms with Crippen LogP contribution in [0, 0.1) is 18.2 Å². The number of carbonyl (C=O) groups is 2. The van der Waals surface area contributed by atoms with E-state index in [1.165, 1.54) is 6.07 Å². The van der Waals surface area contributed by atoms with Gasteiger partial charge in [-0.1, -0.05) is 13.8 Å². The minimum Gasteiger partial charge on any atom is -0.393 e. The van der Waals surface area contributed by atoms with Crippen LogP contribution in [-0.4, -0.2) is 38.7 Å². The van der Waals surface area contributed by atoms with Gasteiger partial charge in [0.2, 0.25) is 0 Å². The van der Waals surface area contributed by atoms with Crippen LogP contribution in [-0.2, 0) is 6.42 Å². The lowest BCUT2D eigenvalue weighted by Crippen LogP contribution is -2.30. The molecule has 1 aromatic carbocycles. The Kier molecular flexibility index (Phi) is 5.37. The summed E-state index contributed by atoms with van der Waals surface area (Å²) in [6, 6.07) is 2.92. The second kappa shape index (κ2) is 7.75. The third-order valence-corrected chi connectivity index (χ3v) is 6.34. The number of hydrogen-bond acceptors (Lipinski definition) is 5. The lowest BCUT2D eigenvalue weighted by molar-refractivity contribution is 0.0909. The van der Waals surface area contributed by atoms with Gasteiger partial charge >= 0.3 is 0 Å². The molecule has 2 aliphatic carbocycles. The van der Waals surface area contributed by atoms with Crippen LogP contribution >= 0.6 is 0 Å². The monoisotopic (exact) mass is 428 g/mol. The Morgan fingerprint density at radius 2 is 1.94 bits per heavy atom. The van der Waals surface area contributed by atoms with Gasteiger partial charge in [-0.05, 0) is 50.5 Å². The topological polar surface area (TPSA) is 110 Å². The van der Waals surface area contributed by atoms with Gasteiger partial charge in [0.25, 0.3) is 5.91 Å². The van der Waals surface area contributed by atoms with Gasteiger partial charge in [0.05, 0.1) is 40.0 Å². The highest BCUT2D eigenvalue weighted by Crippen LogP contribution is 2.38. The molecule has 1 heterocycles. The number of aliphatic hydroxyl groups is 1. The normalized spacial score (nSPS) is 22.8. The molecule has 7 nitrogen and oxygen atoms in total. The summed E-state index contributed by atoms with van der Waals surface area (Å²) in [5.41, 5.74) is 7.80. The van der Waals surface area contributed by atoms with Crippen LogP contribution in [0.15, 0.2) is 12.1 Å². The largest absolute Gasteiger partial charge is 0.393 e. The molecule has 1 fully saturated rings. The standard InChI is InChI=1S/C23H29FN4O3/c1-12-20-18(10-23(2,3)11-19(20)30)28(27-12)14-8-16(24)21(22(25)31)17(9-14)26-13-4-6-15(29)7-5-13/h8-9,13,15,26,29H,4-7,10-11H2,1-3H3,(H2,25,31)/t13-,15+. The van der Waals surface area contributed by atoms with E-state index in [1.807, 2.05) is 13.8 Å². The van der Waals surface area contributed by atoms with E-state index in [1.54, 1.807) is 17.7 Å². The number of Topliss-reactive ketones (excluding diaryl/α,β-unsaturated/α-hetero) is 1. The maximum Gasteiger partial charge on any atom is 0.253 e. The highest BCUT2D eigenvalue weighted by Gasteiger charge is 2.36. The molecule has 8 heteroatoms. The quantitative estimate of drug-likeness (QED) is 0.692. The number of nitrogens with two attached hydrogens (primary N) is 1. The van der Waals surface area contributed by atoms with Gasteiger partial charge in [0, 0.05) is 18.5 Å². The lowest BCUT2D eigenvalue weighted by atomic mass is 9.75. The molecular weight excluding hydrogens is 399 g/mol. The van der Waals surface area contributed by atoms with E-state index < -0.39 is 11.7 Å². The zero-order valence-electron chi connectivity index (χ0n) is 18.2. The van der Waals surface area contributed by atoms with Gasteiger partial charge in [-0.3, -0.25) is 9.59 Å². The Morgan fingerprint density at radius 1 is 1.26 bits per heavy atom. The number of nitrogens with zero attached hydrogens (tertiary/aromatic N) is 2. The smallest absolute Gasteiger partial charge is 0.253 e. The lowest BCUT2D eigenvalue weighted by Gasteiger charge is -2.29. The molecule has 2 aromatic rings. The number of ketones is 1. The molecular formula is C23H29FN4O3. The van der Waals surface area contributed by atoms with Crippen molar-refractivity contribution in [3.05, 3.63) is 40.5 Å². The van der Waals surface area contributed by atoms with Crippen LogP contribution in [0.5, 0.6) is 0 Å². The minimum atomic E-state index is -0.850. The summed E-state index contributed by atoms with van der Waals surface area (Å²) in [6.45, 7) is 5.84. The van der Waals surface area contributed by atoms with Gasteiger partial charge < -0.3 is 16.2 Å². The van der Waals surface area contributed by atoms with E-state index in [-0.39, 0.29) is 28.9 Å². The molecule has 0 atom stereocenters. The summed E-state index contributed by atoms with van der Waals surface area (Å²) in [7, 11) is 0. The van der Waals surface area contributed by atoms with Crippen molar-refractivity contribution in [1.29, 1.82) is 0 Å². The highest BCUT2D eigenvalue weighted by atomic mass is 19.1. The van der Waals surface area contributed by atoms with Gasteiger partial charge in [-0.15, -0.1) is 0 Å². The number of aliphatic hydroxyl groups excluding tert-OH is 1. The van der Waals surface area contributed by atoms with Crippen molar-refractivity contribution in [1.82, 2.24) is 9.78 Å². The molecule has 0 radical (unpaired) electrons. The fourth-order valence-corrected chi connectivity index (χ4v) is 4.87. The molecule has 31 heavy (non-hydrogen) atoms. The molecule has 0 unspecified atom stereocenters. The summed E-state index contributed by atoms with van der Waals surface area (Å²) in [6.07, 6.45) is 3.48. The van der Waals surface area contributed by atoms with Crippen molar-refractivity contribution in [2.75, 3.05) is 5.32 Å². The van der Waals surface area contributed by atoms with Crippen molar-refractivity contribution in [3.8, 4) is 5.69 Å². The summed E-state index contributed by atoms with van der Waals surface area (Å²) in [4.78, 5) is 24.7. The predicted octanol–water partition coefficient (Wildman–Crippen LogP) is 3.29. The van der Waals surface area contributed by atoms with Crippen LogP contribution in [0.1, 0.15) is 78.1 Å². The Hall–Kier alpha value is -2.74. The number of primary amides is 1. The summed E-state index contributed by atoms with van der Waals surface area (Å²) in [5.74, 6) is -1.53. The highest BCUT2D eigenvalue weighted by molar-refractivity contribution is 6.00. The number of hydrogen-bond donors (Lipinski definition) is 3. The molecule has 2 aliphatic rings. The van der Waals surface area contributed by atoms with Gasteiger partial charge in [0.1, 0.15) is 5.82 Å². The van der Waals surface area contributed by atoms with E-state index in [9.17, 15) is 14.7 Å². The molecule has 1 aromatic heterocycles. The number of aryl methyl sites for hydroxylation is 1. The van der Waals surface area contributed by atoms with Gasteiger partial charge in [-0.2, -0.15) is 5.10 Å². The third kappa shape index (κ3) is 4.08. The maximum absolute atomic E-state index is 15.0. The number of benzene rings is 1.